The molecular weight excluding hydrogens is 235 g/mol. The first-order valence-corrected chi connectivity index (χ1v) is 5.31. The minimum Gasteiger partial charge on any atom is -0.333 e. The molecule has 90 valence electrons. The first-order valence-electron chi connectivity index (χ1n) is 5.31. The maximum atomic E-state index is 12.8. The number of rotatable bonds is 2. The second-order valence-electron chi connectivity index (χ2n) is 3.83. The molecule has 0 aliphatic heterocycles. The fourth-order valence-corrected chi connectivity index (χ4v) is 1.59. The maximum absolute atomic E-state index is 12.8. The molecule has 0 aliphatic rings. The molecule has 0 N–H and O–H groups in total. The van der Waals surface area contributed by atoms with Crippen LogP contribution in [0.15, 0.2) is 41.2 Å². The normalized spacial score (nSPS) is 10.8. The first kappa shape index (κ1) is 10.6. The fraction of sp³-hybridized carbons (Fsp3) is 0.0833. The zero-order valence-corrected chi connectivity index (χ0v) is 9.54. The zero-order valence-electron chi connectivity index (χ0n) is 9.54. The number of aromatic nitrogens is 4. The molecule has 3 rings (SSSR count). The summed E-state index contributed by atoms with van der Waals surface area (Å²) in [7, 11) is 1.81. The van der Waals surface area contributed by atoms with E-state index in [9.17, 15) is 4.39 Å². The molecule has 0 radical (unpaired) electrons. The number of hydrogen-bond donors (Lipinski definition) is 0. The van der Waals surface area contributed by atoms with Gasteiger partial charge in [-0.05, 0) is 24.3 Å². The SMILES string of the molecule is Cn1cc(-c2nc(-c3ccc(F)cc3)no2)cn1. The third kappa shape index (κ3) is 1.88. The van der Waals surface area contributed by atoms with Crippen LogP contribution in [0.25, 0.3) is 22.8 Å². The number of nitrogens with zero attached hydrogens (tertiary/aromatic N) is 4. The van der Waals surface area contributed by atoms with E-state index >= 15 is 0 Å². The van der Waals surface area contributed by atoms with Crippen molar-refractivity contribution in [3.8, 4) is 22.8 Å². The van der Waals surface area contributed by atoms with E-state index in [4.69, 9.17) is 4.52 Å². The van der Waals surface area contributed by atoms with Crippen LogP contribution in [0.2, 0.25) is 0 Å². The predicted molar refractivity (Wildman–Crippen MR) is 61.9 cm³/mol. The highest BCUT2D eigenvalue weighted by Gasteiger charge is 2.11. The average Bonchev–Trinajstić information content (AvgIpc) is 2.98. The van der Waals surface area contributed by atoms with Crippen molar-refractivity contribution >= 4 is 0 Å². The monoisotopic (exact) mass is 244 g/mol. The zero-order chi connectivity index (χ0) is 12.5. The second kappa shape index (κ2) is 4.06. The van der Waals surface area contributed by atoms with Gasteiger partial charge in [0.15, 0.2) is 0 Å². The molecule has 0 spiro atoms. The van der Waals surface area contributed by atoms with Crippen molar-refractivity contribution in [2.45, 2.75) is 0 Å². The molecule has 0 saturated carbocycles. The van der Waals surface area contributed by atoms with Crippen LogP contribution in [-0.4, -0.2) is 19.9 Å². The summed E-state index contributed by atoms with van der Waals surface area (Å²) in [5, 5.41) is 7.88. The highest BCUT2D eigenvalue weighted by molar-refractivity contribution is 5.58. The number of hydrogen-bond acceptors (Lipinski definition) is 4. The first-order chi connectivity index (χ1) is 8.72. The lowest BCUT2D eigenvalue weighted by atomic mass is 10.2. The molecule has 0 amide bonds. The van der Waals surface area contributed by atoms with Crippen molar-refractivity contribution in [3.05, 3.63) is 42.5 Å². The largest absolute Gasteiger partial charge is 0.333 e. The Morgan fingerprint density at radius 1 is 1.17 bits per heavy atom. The van der Waals surface area contributed by atoms with Crippen LogP contribution in [0.4, 0.5) is 4.39 Å². The van der Waals surface area contributed by atoms with Gasteiger partial charge < -0.3 is 4.52 Å². The summed E-state index contributed by atoms with van der Waals surface area (Å²) in [6, 6.07) is 5.92. The Morgan fingerprint density at radius 3 is 2.61 bits per heavy atom. The van der Waals surface area contributed by atoms with Crippen LogP contribution in [0.5, 0.6) is 0 Å². The summed E-state index contributed by atoms with van der Waals surface area (Å²) in [4.78, 5) is 4.24. The Bertz CT molecular complexity index is 671. The van der Waals surface area contributed by atoms with Crippen molar-refractivity contribution in [3.63, 3.8) is 0 Å². The van der Waals surface area contributed by atoms with Crippen LogP contribution in [-0.2, 0) is 7.05 Å². The van der Waals surface area contributed by atoms with E-state index in [2.05, 4.69) is 15.2 Å². The van der Waals surface area contributed by atoms with E-state index in [0.717, 1.165) is 5.56 Å². The number of benzene rings is 1. The van der Waals surface area contributed by atoms with Crippen LogP contribution >= 0.6 is 0 Å². The minimum absolute atomic E-state index is 0.297. The molecular formula is C12H9FN4O. The third-order valence-corrected chi connectivity index (χ3v) is 2.48. The Morgan fingerprint density at radius 2 is 1.94 bits per heavy atom. The molecule has 0 saturated heterocycles. The van der Waals surface area contributed by atoms with E-state index in [1.165, 1.54) is 12.1 Å². The quantitative estimate of drug-likeness (QED) is 0.694. The van der Waals surface area contributed by atoms with Crippen molar-refractivity contribution in [1.29, 1.82) is 0 Å². The molecule has 1 aromatic carbocycles. The summed E-state index contributed by atoms with van der Waals surface area (Å²) in [6.45, 7) is 0. The van der Waals surface area contributed by atoms with E-state index in [-0.39, 0.29) is 5.82 Å². The van der Waals surface area contributed by atoms with Crippen molar-refractivity contribution in [2.24, 2.45) is 7.05 Å². The molecule has 18 heavy (non-hydrogen) atoms. The molecule has 5 nitrogen and oxygen atoms in total. The minimum atomic E-state index is -0.297. The number of aryl methyl sites for hydroxylation is 1. The van der Waals surface area contributed by atoms with Gasteiger partial charge in [0.1, 0.15) is 5.82 Å². The van der Waals surface area contributed by atoms with Gasteiger partial charge in [-0.1, -0.05) is 5.16 Å². The average molecular weight is 244 g/mol. The molecule has 0 fully saturated rings. The molecule has 2 heterocycles. The Hall–Kier alpha value is -2.50. The van der Waals surface area contributed by atoms with Gasteiger partial charge in [-0.25, -0.2) is 4.39 Å². The van der Waals surface area contributed by atoms with Crippen LogP contribution in [0.3, 0.4) is 0 Å². The van der Waals surface area contributed by atoms with Gasteiger partial charge in [0.2, 0.25) is 5.82 Å². The molecule has 0 unspecified atom stereocenters. The lowest BCUT2D eigenvalue weighted by Crippen LogP contribution is -1.84. The van der Waals surface area contributed by atoms with Gasteiger partial charge >= 0.3 is 0 Å². The number of halogens is 1. The van der Waals surface area contributed by atoms with Gasteiger partial charge in [0, 0.05) is 18.8 Å². The van der Waals surface area contributed by atoms with Crippen LogP contribution in [0.1, 0.15) is 0 Å². The lowest BCUT2D eigenvalue weighted by Gasteiger charge is -1.92. The molecule has 6 heteroatoms. The summed E-state index contributed by atoms with van der Waals surface area (Å²) in [5.74, 6) is 0.519. The standard InChI is InChI=1S/C12H9FN4O/c1-17-7-9(6-14-17)12-15-11(16-18-12)8-2-4-10(13)5-3-8/h2-7H,1H3. The molecule has 0 atom stereocenters. The summed E-state index contributed by atoms with van der Waals surface area (Å²) in [5.41, 5.74) is 1.45. The van der Waals surface area contributed by atoms with Gasteiger partial charge in [0.05, 0.1) is 11.8 Å². The van der Waals surface area contributed by atoms with Gasteiger partial charge in [0.25, 0.3) is 5.89 Å². The smallest absolute Gasteiger partial charge is 0.261 e. The predicted octanol–water partition coefficient (Wildman–Crippen LogP) is 2.28. The lowest BCUT2D eigenvalue weighted by molar-refractivity contribution is 0.432. The summed E-state index contributed by atoms with van der Waals surface area (Å²) in [6.07, 6.45) is 3.42. The van der Waals surface area contributed by atoms with Crippen molar-refractivity contribution in [1.82, 2.24) is 19.9 Å². The Kier molecular flexibility index (Phi) is 2.40. The van der Waals surface area contributed by atoms with Crippen LogP contribution in [0, 0.1) is 5.82 Å². The van der Waals surface area contributed by atoms with Gasteiger partial charge in [-0.3, -0.25) is 4.68 Å². The summed E-state index contributed by atoms with van der Waals surface area (Å²) >= 11 is 0. The third-order valence-electron chi connectivity index (χ3n) is 2.48. The van der Waals surface area contributed by atoms with Crippen molar-refractivity contribution < 1.29 is 8.91 Å². The maximum Gasteiger partial charge on any atom is 0.261 e. The molecule has 2 aromatic heterocycles. The molecule has 0 bridgehead atoms. The van der Waals surface area contributed by atoms with E-state index < -0.39 is 0 Å². The Balaban J connectivity index is 1.96. The van der Waals surface area contributed by atoms with E-state index in [0.29, 0.717) is 17.3 Å². The topological polar surface area (TPSA) is 56.7 Å². The molecule has 3 aromatic rings. The van der Waals surface area contributed by atoms with E-state index in [1.807, 2.05) is 0 Å². The van der Waals surface area contributed by atoms with Crippen LogP contribution < -0.4 is 0 Å². The highest BCUT2D eigenvalue weighted by atomic mass is 19.1. The highest BCUT2D eigenvalue weighted by Crippen LogP contribution is 2.21. The van der Waals surface area contributed by atoms with Gasteiger partial charge in [-0.15, -0.1) is 0 Å². The van der Waals surface area contributed by atoms with E-state index in [1.54, 1.807) is 36.3 Å². The summed E-state index contributed by atoms with van der Waals surface area (Å²) < 4.78 is 19.6. The van der Waals surface area contributed by atoms with Gasteiger partial charge in [-0.2, -0.15) is 10.1 Å². The Labute approximate surface area is 102 Å². The molecule has 0 aliphatic carbocycles. The van der Waals surface area contributed by atoms with Crippen molar-refractivity contribution in [2.75, 3.05) is 0 Å². The fourth-order valence-electron chi connectivity index (χ4n) is 1.59. The second-order valence-corrected chi connectivity index (χ2v) is 3.83.